The Morgan fingerprint density at radius 1 is 1.08 bits per heavy atom. The minimum Gasteiger partial charge on any atom is -0.352 e. The Morgan fingerprint density at radius 2 is 1.85 bits per heavy atom. The highest BCUT2D eigenvalue weighted by molar-refractivity contribution is 5.83. The van der Waals surface area contributed by atoms with E-state index in [0.29, 0.717) is 31.5 Å². The molecular formula is C32H41N5O2. The Hall–Kier alpha value is -3.61. The monoisotopic (exact) mass is 527 g/mol. The summed E-state index contributed by atoms with van der Waals surface area (Å²) in [6.45, 7) is 12.9. The molecule has 0 radical (unpaired) electrons. The lowest BCUT2D eigenvalue weighted by molar-refractivity contribution is -0.122. The molecule has 206 valence electrons. The fraction of sp³-hybridized carbons (Fsp3) is 0.469. The molecule has 2 aliphatic rings. The smallest absolute Gasteiger partial charge is 0.318 e. The molecule has 1 aliphatic carbocycles. The lowest BCUT2D eigenvalue weighted by Crippen LogP contribution is -2.50. The number of aromatic nitrogens is 2. The molecule has 1 aromatic heterocycles. The summed E-state index contributed by atoms with van der Waals surface area (Å²) >= 11 is 0. The average Bonchev–Trinajstić information content (AvgIpc) is 3.57. The molecule has 0 saturated heterocycles. The van der Waals surface area contributed by atoms with Crippen LogP contribution in [0.15, 0.2) is 54.9 Å². The third-order valence-electron chi connectivity index (χ3n) is 7.58. The van der Waals surface area contributed by atoms with Crippen LogP contribution >= 0.6 is 0 Å². The Kier molecular flexibility index (Phi) is 7.52. The molecule has 1 saturated carbocycles. The van der Waals surface area contributed by atoms with Crippen molar-refractivity contribution in [1.82, 2.24) is 25.3 Å². The molecule has 7 nitrogen and oxygen atoms in total. The van der Waals surface area contributed by atoms with Crippen molar-refractivity contribution in [3.05, 3.63) is 77.1 Å². The molecule has 1 fully saturated rings. The highest BCUT2D eigenvalue weighted by Crippen LogP contribution is 2.47. The first-order valence-electron chi connectivity index (χ1n) is 14.1. The first-order chi connectivity index (χ1) is 18.6. The second-order valence-electron chi connectivity index (χ2n) is 12.5. The summed E-state index contributed by atoms with van der Waals surface area (Å²) in [5.74, 6) is 0.958. The van der Waals surface area contributed by atoms with Crippen LogP contribution in [0.3, 0.4) is 0 Å². The standard InChI is InChI=1S/C32H41N5O2/c1-21(2)18-37-19-24(17-34-37)25-12-11-23(16-33-30(38)28-15-27(28)22-9-7-6-8-10-22)29-20-36(14-13-26(25)29)31(39)35-32(3,4)5/h6-12,17,19,21,27-28H,13-16,18,20H2,1-5H3,(H,33,38)(H,35,39)/t27-,28+/m1/s1. The van der Waals surface area contributed by atoms with Crippen LogP contribution in [0.2, 0.25) is 0 Å². The fourth-order valence-electron chi connectivity index (χ4n) is 5.59. The molecular weight excluding hydrogens is 486 g/mol. The highest BCUT2D eigenvalue weighted by Gasteiger charge is 2.43. The highest BCUT2D eigenvalue weighted by atomic mass is 16.2. The van der Waals surface area contributed by atoms with Crippen LogP contribution in [0.25, 0.3) is 11.1 Å². The van der Waals surface area contributed by atoms with Gasteiger partial charge >= 0.3 is 6.03 Å². The molecule has 5 rings (SSSR count). The van der Waals surface area contributed by atoms with E-state index >= 15 is 0 Å². The van der Waals surface area contributed by atoms with E-state index in [1.165, 1.54) is 11.1 Å². The number of amides is 3. The molecule has 1 aliphatic heterocycles. The van der Waals surface area contributed by atoms with E-state index in [-0.39, 0.29) is 23.4 Å². The van der Waals surface area contributed by atoms with Crippen molar-refractivity contribution in [2.45, 2.75) is 78.6 Å². The largest absolute Gasteiger partial charge is 0.352 e. The van der Waals surface area contributed by atoms with Crippen molar-refractivity contribution < 1.29 is 9.59 Å². The van der Waals surface area contributed by atoms with Crippen LogP contribution in [0.1, 0.15) is 69.2 Å². The van der Waals surface area contributed by atoms with Gasteiger partial charge in [0.15, 0.2) is 0 Å². The van der Waals surface area contributed by atoms with E-state index in [0.717, 1.165) is 41.6 Å². The van der Waals surface area contributed by atoms with E-state index in [1.807, 2.05) is 54.7 Å². The Balaban J connectivity index is 1.37. The third-order valence-corrected chi connectivity index (χ3v) is 7.58. The van der Waals surface area contributed by atoms with Gasteiger partial charge in [0.2, 0.25) is 5.91 Å². The quantitative estimate of drug-likeness (QED) is 0.426. The molecule has 0 bridgehead atoms. The fourth-order valence-corrected chi connectivity index (χ4v) is 5.59. The van der Waals surface area contributed by atoms with Gasteiger partial charge in [-0.2, -0.15) is 5.10 Å². The van der Waals surface area contributed by atoms with E-state index in [4.69, 9.17) is 0 Å². The maximum atomic E-state index is 13.1. The molecule has 2 atom stereocenters. The number of fused-ring (bicyclic) bond motifs is 1. The molecule has 3 aromatic rings. The molecule has 3 amide bonds. The number of benzene rings is 2. The van der Waals surface area contributed by atoms with Gasteiger partial charge in [0.25, 0.3) is 0 Å². The zero-order valence-corrected chi connectivity index (χ0v) is 23.8. The maximum absolute atomic E-state index is 13.1. The van der Waals surface area contributed by atoms with Crippen molar-refractivity contribution in [3.63, 3.8) is 0 Å². The minimum absolute atomic E-state index is 0.0309. The van der Waals surface area contributed by atoms with Crippen LogP contribution < -0.4 is 10.6 Å². The van der Waals surface area contributed by atoms with Crippen molar-refractivity contribution in [1.29, 1.82) is 0 Å². The predicted octanol–water partition coefficient (Wildman–Crippen LogP) is 5.49. The minimum atomic E-state index is -0.305. The van der Waals surface area contributed by atoms with Gasteiger partial charge in [-0.15, -0.1) is 0 Å². The van der Waals surface area contributed by atoms with Gasteiger partial charge in [-0.1, -0.05) is 56.3 Å². The number of rotatable bonds is 7. The van der Waals surface area contributed by atoms with Crippen molar-refractivity contribution in [3.8, 4) is 11.1 Å². The third kappa shape index (κ3) is 6.35. The molecule has 2 N–H and O–H groups in total. The van der Waals surface area contributed by atoms with Gasteiger partial charge in [-0.05, 0) is 73.3 Å². The summed E-state index contributed by atoms with van der Waals surface area (Å²) in [6, 6.07) is 14.5. The van der Waals surface area contributed by atoms with Crippen LogP contribution in [0.5, 0.6) is 0 Å². The zero-order valence-electron chi connectivity index (χ0n) is 23.8. The average molecular weight is 528 g/mol. The number of nitrogens with one attached hydrogen (secondary N) is 2. The van der Waals surface area contributed by atoms with Crippen molar-refractivity contribution in [2.75, 3.05) is 6.54 Å². The SMILES string of the molecule is CC(C)Cn1cc(-c2ccc(CNC(=O)[C@H]3C[C@@H]3c3ccccc3)c3c2CCN(C(=O)NC(C)(C)C)C3)cn1. The first kappa shape index (κ1) is 27.0. The van der Waals surface area contributed by atoms with Crippen molar-refractivity contribution >= 4 is 11.9 Å². The van der Waals surface area contributed by atoms with E-state index in [2.05, 4.69) is 60.0 Å². The van der Waals surface area contributed by atoms with E-state index < -0.39 is 0 Å². The Morgan fingerprint density at radius 3 is 2.56 bits per heavy atom. The van der Waals surface area contributed by atoms with Gasteiger partial charge in [0.05, 0.1) is 6.20 Å². The summed E-state index contributed by atoms with van der Waals surface area (Å²) in [7, 11) is 0. The number of hydrogen-bond acceptors (Lipinski definition) is 3. The number of urea groups is 1. The maximum Gasteiger partial charge on any atom is 0.318 e. The molecule has 2 heterocycles. The number of carbonyl (C=O) groups excluding carboxylic acids is 2. The second-order valence-corrected chi connectivity index (χ2v) is 12.5. The number of hydrogen-bond donors (Lipinski definition) is 2. The second kappa shape index (κ2) is 10.9. The molecule has 0 spiro atoms. The lowest BCUT2D eigenvalue weighted by Gasteiger charge is -2.34. The molecule has 39 heavy (non-hydrogen) atoms. The van der Waals surface area contributed by atoms with Crippen LogP contribution in [0.4, 0.5) is 4.79 Å². The summed E-state index contributed by atoms with van der Waals surface area (Å²) in [5, 5.41) is 10.9. The molecule has 0 unspecified atom stereocenters. The summed E-state index contributed by atoms with van der Waals surface area (Å²) < 4.78 is 2.01. The van der Waals surface area contributed by atoms with Gasteiger partial charge in [0, 0.05) is 49.4 Å². The van der Waals surface area contributed by atoms with Crippen molar-refractivity contribution in [2.24, 2.45) is 11.8 Å². The zero-order chi connectivity index (χ0) is 27.7. The molecule has 7 heteroatoms. The lowest BCUT2D eigenvalue weighted by atomic mass is 9.88. The summed E-state index contributed by atoms with van der Waals surface area (Å²) in [5.41, 5.74) is 6.64. The van der Waals surface area contributed by atoms with E-state index in [1.54, 1.807) is 0 Å². The van der Waals surface area contributed by atoms with Crippen LogP contribution in [-0.4, -0.2) is 38.7 Å². The van der Waals surface area contributed by atoms with Crippen LogP contribution in [0, 0.1) is 11.8 Å². The van der Waals surface area contributed by atoms with Gasteiger partial charge in [0.1, 0.15) is 0 Å². The normalized spacial score (nSPS) is 18.6. The first-order valence-corrected chi connectivity index (χ1v) is 14.1. The predicted molar refractivity (Wildman–Crippen MR) is 154 cm³/mol. The topological polar surface area (TPSA) is 79.3 Å². The number of nitrogens with zero attached hydrogens (tertiary/aromatic N) is 3. The van der Waals surface area contributed by atoms with Crippen LogP contribution in [-0.2, 0) is 30.8 Å². The number of carbonyl (C=O) groups is 2. The van der Waals surface area contributed by atoms with Gasteiger partial charge < -0.3 is 15.5 Å². The Bertz CT molecular complexity index is 1340. The summed E-state index contributed by atoms with van der Waals surface area (Å²) in [4.78, 5) is 28.0. The van der Waals surface area contributed by atoms with E-state index in [9.17, 15) is 9.59 Å². The summed E-state index contributed by atoms with van der Waals surface area (Å²) in [6.07, 6.45) is 5.72. The van der Waals surface area contributed by atoms with Gasteiger partial charge in [-0.3, -0.25) is 9.48 Å². The molecule has 2 aromatic carbocycles. The Labute approximate surface area is 232 Å². The van der Waals surface area contributed by atoms with Gasteiger partial charge in [-0.25, -0.2) is 4.79 Å².